The minimum absolute atomic E-state index is 0.0271. The Morgan fingerprint density at radius 2 is 2.00 bits per heavy atom. The average Bonchev–Trinajstić information content (AvgIpc) is 2.53. The van der Waals surface area contributed by atoms with E-state index in [-0.39, 0.29) is 24.4 Å². The lowest BCUT2D eigenvalue weighted by molar-refractivity contribution is -0.120. The molecule has 0 aliphatic rings. The third-order valence-corrected chi connectivity index (χ3v) is 2.14. The molecule has 0 saturated carbocycles. The number of nitrogens with one attached hydrogen (secondary N) is 2. The van der Waals surface area contributed by atoms with Gasteiger partial charge in [0, 0.05) is 6.04 Å². The Balaban J connectivity index is 2.50. The topological polar surface area (TPSA) is 71.3 Å². The maximum atomic E-state index is 11.7. The average molecular weight is 238 g/mol. The standard InChI is InChI=1S/C12H18N2O3/c1-7(2)14-11(15)6-13-12(16)10-5-8(3)17-9(10)4/h5,7H,6H2,1-4H3,(H,13,16)(H,14,15). The van der Waals surface area contributed by atoms with E-state index in [9.17, 15) is 9.59 Å². The largest absolute Gasteiger partial charge is 0.466 e. The van der Waals surface area contributed by atoms with E-state index in [0.717, 1.165) is 0 Å². The minimum atomic E-state index is -0.293. The fourth-order valence-electron chi connectivity index (χ4n) is 1.49. The number of carbonyl (C=O) groups excluding carboxylic acids is 2. The number of aryl methyl sites for hydroxylation is 2. The summed E-state index contributed by atoms with van der Waals surface area (Å²) in [5.41, 5.74) is 0.472. The van der Waals surface area contributed by atoms with Crippen molar-refractivity contribution in [2.75, 3.05) is 6.54 Å². The zero-order valence-electron chi connectivity index (χ0n) is 10.6. The summed E-state index contributed by atoms with van der Waals surface area (Å²) in [5.74, 6) is 0.744. The summed E-state index contributed by atoms with van der Waals surface area (Å²) in [5, 5.41) is 5.24. The van der Waals surface area contributed by atoms with Gasteiger partial charge in [0.1, 0.15) is 11.5 Å². The van der Waals surface area contributed by atoms with Crippen LogP contribution in [0.2, 0.25) is 0 Å². The molecule has 1 heterocycles. The van der Waals surface area contributed by atoms with E-state index in [1.807, 2.05) is 13.8 Å². The van der Waals surface area contributed by atoms with E-state index in [4.69, 9.17) is 4.42 Å². The highest BCUT2D eigenvalue weighted by atomic mass is 16.3. The van der Waals surface area contributed by atoms with E-state index in [1.165, 1.54) is 0 Å². The lowest BCUT2D eigenvalue weighted by atomic mass is 10.2. The summed E-state index contributed by atoms with van der Waals surface area (Å²) in [6, 6.07) is 1.72. The third kappa shape index (κ3) is 3.94. The zero-order chi connectivity index (χ0) is 13.0. The van der Waals surface area contributed by atoms with E-state index >= 15 is 0 Å². The van der Waals surface area contributed by atoms with Crippen LogP contribution in [0, 0.1) is 13.8 Å². The Morgan fingerprint density at radius 3 is 2.47 bits per heavy atom. The second-order valence-corrected chi connectivity index (χ2v) is 4.23. The van der Waals surface area contributed by atoms with Gasteiger partial charge in [0.15, 0.2) is 0 Å². The maximum Gasteiger partial charge on any atom is 0.255 e. The first-order valence-corrected chi connectivity index (χ1v) is 5.54. The van der Waals surface area contributed by atoms with Crippen molar-refractivity contribution in [2.45, 2.75) is 33.7 Å². The Morgan fingerprint density at radius 1 is 1.35 bits per heavy atom. The molecule has 0 atom stereocenters. The summed E-state index contributed by atoms with van der Waals surface area (Å²) in [6.07, 6.45) is 0. The van der Waals surface area contributed by atoms with Gasteiger partial charge in [0.2, 0.25) is 5.91 Å². The van der Waals surface area contributed by atoms with Crippen LogP contribution in [0.25, 0.3) is 0 Å². The van der Waals surface area contributed by atoms with Crippen LogP contribution in [0.1, 0.15) is 35.7 Å². The Bertz CT molecular complexity index is 421. The van der Waals surface area contributed by atoms with E-state index in [2.05, 4.69) is 10.6 Å². The molecule has 1 rings (SSSR count). The van der Waals surface area contributed by atoms with Gasteiger partial charge in [-0.3, -0.25) is 9.59 Å². The summed E-state index contributed by atoms with van der Waals surface area (Å²) >= 11 is 0. The molecule has 0 bridgehead atoms. The number of amides is 2. The number of furan rings is 1. The second-order valence-electron chi connectivity index (χ2n) is 4.23. The van der Waals surface area contributed by atoms with Crippen LogP contribution in [-0.4, -0.2) is 24.4 Å². The normalized spacial score (nSPS) is 10.4. The van der Waals surface area contributed by atoms with Crippen LogP contribution in [0.4, 0.5) is 0 Å². The van der Waals surface area contributed by atoms with E-state index in [1.54, 1.807) is 19.9 Å². The van der Waals surface area contributed by atoms with Gasteiger partial charge in [-0.05, 0) is 33.8 Å². The molecule has 94 valence electrons. The van der Waals surface area contributed by atoms with Gasteiger partial charge in [0.05, 0.1) is 12.1 Å². The smallest absolute Gasteiger partial charge is 0.255 e. The van der Waals surface area contributed by atoms with Crippen LogP contribution in [0.15, 0.2) is 10.5 Å². The summed E-state index contributed by atoms with van der Waals surface area (Å²) < 4.78 is 5.25. The van der Waals surface area contributed by atoms with Gasteiger partial charge < -0.3 is 15.1 Å². The molecule has 2 N–H and O–H groups in total. The molecule has 0 aliphatic carbocycles. The molecule has 1 aromatic rings. The van der Waals surface area contributed by atoms with Gasteiger partial charge >= 0.3 is 0 Å². The Hall–Kier alpha value is -1.78. The van der Waals surface area contributed by atoms with Crippen LogP contribution in [0.3, 0.4) is 0 Å². The number of hydrogen-bond acceptors (Lipinski definition) is 3. The first kappa shape index (κ1) is 13.3. The second kappa shape index (κ2) is 5.52. The van der Waals surface area contributed by atoms with Crippen LogP contribution in [-0.2, 0) is 4.79 Å². The van der Waals surface area contributed by atoms with Crippen molar-refractivity contribution < 1.29 is 14.0 Å². The minimum Gasteiger partial charge on any atom is -0.466 e. The SMILES string of the molecule is Cc1cc(C(=O)NCC(=O)NC(C)C)c(C)o1. The van der Waals surface area contributed by atoms with E-state index < -0.39 is 0 Å². The van der Waals surface area contributed by atoms with Crippen LogP contribution in [0.5, 0.6) is 0 Å². The van der Waals surface area contributed by atoms with Crippen molar-refractivity contribution in [3.8, 4) is 0 Å². The molecule has 1 aromatic heterocycles. The molecule has 17 heavy (non-hydrogen) atoms. The fourth-order valence-corrected chi connectivity index (χ4v) is 1.49. The summed E-state index contributed by atoms with van der Waals surface area (Å²) in [4.78, 5) is 23.0. The zero-order valence-corrected chi connectivity index (χ0v) is 10.6. The van der Waals surface area contributed by atoms with Crippen LogP contribution >= 0.6 is 0 Å². The quantitative estimate of drug-likeness (QED) is 0.826. The molecule has 2 amide bonds. The highest BCUT2D eigenvalue weighted by Crippen LogP contribution is 2.12. The summed E-state index contributed by atoms with van der Waals surface area (Å²) in [6.45, 7) is 7.19. The Kier molecular flexibility index (Phi) is 4.31. The van der Waals surface area contributed by atoms with Crippen molar-refractivity contribution in [3.05, 3.63) is 23.2 Å². The molecule has 0 unspecified atom stereocenters. The molecular formula is C12H18N2O3. The van der Waals surface area contributed by atoms with Crippen LogP contribution < -0.4 is 10.6 Å². The molecule has 0 saturated heterocycles. The molecule has 0 aliphatic heterocycles. The predicted molar refractivity (Wildman–Crippen MR) is 63.8 cm³/mol. The van der Waals surface area contributed by atoms with Gasteiger partial charge in [-0.1, -0.05) is 0 Å². The maximum absolute atomic E-state index is 11.7. The van der Waals surface area contributed by atoms with Gasteiger partial charge in [-0.25, -0.2) is 0 Å². The molecule has 0 fully saturated rings. The Labute approximate surface area is 101 Å². The first-order valence-electron chi connectivity index (χ1n) is 5.54. The molecule has 0 aromatic carbocycles. The van der Waals surface area contributed by atoms with Crippen molar-refractivity contribution in [3.63, 3.8) is 0 Å². The lowest BCUT2D eigenvalue weighted by Crippen LogP contribution is -2.39. The van der Waals surface area contributed by atoms with Gasteiger partial charge in [0.25, 0.3) is 5.91 Å². The molecule has 5 nitrogen and oxygen atoms in total. The van der Waals surface area contributed by atoms with E-state index in [0.29, 0.717) is 17.1 Å². The number of hydrogen-bond donors (Lipinski definition) is 2. The van der Waals surface area contributed by atoms with Gasteiger partial charge in [-0.15, -0.1) is 0 Å². The van der Waals surface area contributed by atoms with Crippen molar-refractivity contribution in [1.82, 2.24) is 10.6 Å². The van der Waals surface area contributed by atoms with Gasteiger partial charge in [-0.2, -0.15) is 0 Å². The number of rotatable bonds is 4. The molecular weight excluding hydrogens is 220 g/mol. The fraction of sp³-hybridized carbons (Fsp3) is 0.500. The lowest BCUT2D eigenvalue weighted by Gasteiger charge is -2.08. The van der Waals surface area contributed by atoms with Crippen molar-refractivity contribution in [2.24, 2.45) is 0 Å². The van der Waals surface area contributed by atoms with Crippen molar-refractivity contribution >= 4 is 11.8 Å². The first-order chi connectivity index (χ1) is 7.90. The molecule has 0 radical (unpaired) electrons. The van der Waals surface area contributed by atoms with Crippen molar-refractivity contribution in [1.29, 1.82) is 0 Å². The predicted octanol–water partition coefficient (Wildman–Crippen LogP) is 1.15. The summed E-state index contributed by atoms with van der Waals surface area (Å²) in [7, 11) is 0. The highest BCUT2D eigenvalue weighted by molar-refractivity contribution is 5.97. The highest BCUT2D eigenvalue weighted by Gasteiger charge is 2.14. The molecule has 5 heteroatoms. The molecule has 0 spiro atoms. The monoisotopic (exact) mass is 238 g/mol. The third-order valence-electron chi connectivity index (χ3n) is 2.14. The number of carbonyl (C=O) groups is 2.